The molecule has 0 aliphatic rings. The van der Waals surface area contributed by atoms with E-state index in [0.29, 0.717) is 10.7 Å². The molecule has 0 saturated heterocycles. The van der Waals surface area contributed by atoms with Crippen molar-refractivity contribution in [1.82, 2.24) is 15.6 Å². The molecule has 1 heterocycles. The van der Waals surface area contributed by atoms with Gasteiger partial charge in [0.2, 0.25) is 11.8 Å². The molecule has 174 valence electrons. The van der Waals surface area contributed by atoms with Gasteiger partial charge in [0.25, 0.3) is 0 Å². The molecule has 0 aliphatic heterocycles. The van der Waals surface area contributed by atoms with Crippen molar-refractivity contribution in [3.05, 3.63) is 107 Å². The van der Waals surface area contributed by atoms with Gasteiger partial charge in [-0.25, -0.2) is 4.79 Å². The molecule has 0 fully saturated rings. The average molecular weight is 478 g/mol. The maximum Gasteiger partial charge on any atom is 0.326 e. The summed E-state index contributed by atoms with van der Waals surface area (Å²) in [7, 11) is 0. The highest BCUT2D eigenvalue weighted by Crippen LogP contribution is 2.11. The Bertz CT molecular complexity index is 1140. The van der Waals surface area contributed by atoms with Crippen molar-refractivity contribution in [1.29, 1.82) is 0 Å². The summed E-state index contributed by atoms with van der Waals surface area (Å²) in [6.07, 6.45) is 4.70. The molecule has 2 amide bonds. The van der Waals surface area contributed by atoms with Crippen LogP contribution in [0.15, 0.2) is 85.1 Å². The Labute approximate surface area is 202 Å². The first kappa shape index (κ1) is 24.7. The lowest BCUT2D eigenvalue weighted by Crippen LogP contribution is -2.52. The zero-order chi connectivity index (χ0) is 24.3. The molecule has 1 aromatic heterocycles. The minimum Gasteiger partial charge on any atom is -0.480 e. The lowest BCUT2D eigenvalue weighted by atomic mass is 10.0. The third-order valence-electron chi connectivity index (χ3n) is 4.97. The zero-order valence-electron chi connectivity index (χ0n) is 18.2. The predicted octanol–water partition coefficient (Wildman–Crippen LogP) is 3.29. The quantitative estimate of drug-likeness (QED) is 0.388. The molecule has 7 nitrogen and oxygen atoms in total. The Morgan fingerprint density at radius 1 is 0.882 bits per heavy atom. The number of aliphatic carboxylic acids is 1. The normalized spacial score (nSPS) is 12.6. The van der Waals surface area contributed by atoms with Crippen LogP contribution >= 0.6 is 11.6 Å². The van der Waals surface area contributed by atoms with Crippen LogP contribution < -0.4 is 10.6 Å². The van der Waals surface area contributed by atoms with Gasteiger partial charge in [0.05, 0.1) is 0 Å². The lowest BCUT2D eigenvalue weighted by molar-refractivity contribution is -0.142. The third kappa shape index (κ3) is 7.86. The Morgan fingerprint density at radius 2 is 1.59 bits per heavy atom. The van der Waals surface area contributed by atoms with E-state index in [4.69, 9.17) is 11.6 Å². The van der Waals surface area contributed by atoms with E-state index in [1.54, 1.807) is 79.0 Å². The molecule has 0 saturated carbocycles. The highest BCUT2D eigenvalue weighted by molar-refractivity contribution is 6.30. The van der Waals surface area contributed by atoms with E-state index < -0.39 is 29.9 Å². The number of hydrogen-bond acceptors (Lipinski definition) is 4. The van der Waals surface area contributed by atoms with E-state index in [1.165, 1.54) is 6.08 Å². The smallest absolute Gasteiger partial charge is 0.326 e. The largest absolute Gasteiger partial charge is 0.480 e. The summed E-state index contributed by atoms with van der Waals surface area (Å²) in [6, 6.07) is 19.0. The van der Waals surface area contributed by atoms with Gasteiger partial charge in [0, 0.05) is 35.8 Å². The SMILES string of the molecule is O=C(C=Cc1ccc(Cl)cc1)N[C@@H](Cc1ccccn1)C(=O)NC(Cc1ccccc1)C(=O)O. The van der Waals surface area contributed by atoms with Crippen molar-refractivity contribution in [2.45, 2.75) is 24.9 Å². The molecule has 3 N–H and O–H groups in total. The van der Waals surface area contributed by atoms with Crippen molar-refractivity contribution in [2.24, 2.45) is 0 Å². The van der Waals surface area contributed by atoms with E-state index >= 15 is 0 Å². The number of carbonyl (C=O) groups excluding carboxylic acids is 2. The number of nitrogens with one attached hydrogen (secondary N) is 2. The highest BCUT2D eigenvalue weighted by Gasteiger charge is 2.27. The third-order valence-corrected chi connectivity index (χ3v) is 5.22. The first-order valence-corrected chi connectivity index (χ1v) is 11.0. The molecule has 2 aromatic carbocycles. The number of nitrogens with zero attached hydrogens (tertiary/aromatic N) is 1. The summed E-state index contributed by atoms with van der Waals surface area (Å²) in [5.74, 6) is -2.27. The number of rotatable bonds is 10. The van der Waals surface area contributed by atoms with Crippen LogP contribution in [0.2, 0.25) is 5.02 Å². The van der Waals surface area contributed by atoms with Crippen LogP contribution in [0.25, 0.3) is 6.08 Å². The van der Waals surface area contributed by atoms with E-state index in [9.17, 15) is 19.5 Å². The van der Waals surface area contributed by atoms with Gasteiger partial charge in [0.15, 0.2) is 0 Å². The monoisotopic (exact) mass is 477 g/mol. The Hall–Kier alpha value is -3.97. The summed E-state index contributed by atoms with van der Waals surface area (Å²) in [4.78, 5) is 41.6. The first-order chi connectivity index (χ1) is 16.4. The minimum atomic E-state index is -1.16. The number of aromatic nitrogens is 1. The number of carboxylic acids is 1. The van der Waals surface area contributed by atoms with Gasteiger partial charge in [-0.15, -0.1) is 0 Å². The molecule has 0 bridgehead atoms. The van der Waals surface area contributed by atoms with Gasteiger partial charge in [-0.3, -0.25) is 14.6 Å². The summed E-state index contributed by atoms with van der Waals surface area (Å²) < 4.78 is 0. The van der Waals surface area contributed by atoms with Gasteiger partial charge in [-0.1, -0.05) is 60.1 Å². The molecule has 8 heteroatoms. The molecule has 34 heavy (non-hydrogen) atoms. The van der Waals surface area contributed by atoms with Crippen LogP contribution in [-0.4, -0.2) is 40.0 Å². The van der Waals surface area contributed by atoms with Gasteiger partial charge < -0.3 is 15.7 Å². The van der Waals surface area contributed by atoms with Crippen molar-refractivity contribution in [3.63, 3.8) is 0 Å². The van der Waals surface area contributed by atoms with Crippen LogP contribution in [0.1, 0.15) is 16.8 Å². The molecular weight excluding hydrogens is 454 g/mol. The number of carboxylic acid groups (broad SMARTS) is 1. The van der Waals surface area contributed by atoms with E-state index in [0.717, 1.165) is 11.1 Å². The standard InChI is InChI=1S/C26H24ClN3O4/c27-20-12-9-18(10-13-20)11-14-24(31)29-22(17-21-8-4-5-15-28-21)25(32)30-23(26(33)34)16-19-6-2-1-3-7-19/h1-15,22-23H,16-17H2,(H,29,31)(H,30,32)(H,33,34)/t22-,23?/m0/s1. The number of carbonyl (C=O) groups is 3. The van der Waals surface area contributed by atoms with Gasteiger partial charge >= 0.3 is 5.97 Å². The zero-order valence-corrected chi connectivity index (χ0v) is 19.0. The van der Waals surface area contributed by atoms with Crippen molar-refractivity contribution in [3.8, 4) is 0 Å². The fourth-order valence-corrected chi connectivity index (χ4v) is 3.35. The first-order valence-electron chi connectivity index (χ1n) is 10.6. The summed E-state index contributed by atoms with van der Waals surface area (Å²) in [5.41, 5.74) is 2.12. The number of amides is 2. The second-order valence-electron chi connectivity index (χ2n) is 7.56. The summed E-state index contributed by atoms with van der Waals surface area (Å²) >= 11 is 5.87. The van der Waals surface area contributed by atoms with Crippen molar-refractivity contribution < 1.29 is 19.5 Å². The lowest BCUT2D eigenvalue weighted by Gasteiger charge is -2.21. The van der Waals surface area contributed by atoms with Gasteiger partial charge in [0.1, 0.15) is 12.1 Å². The van der Waals surface area contributed by atoms with E-state index in [-0.39, 0.29) is 12.8 Å². The van der Waals surface area contributed by atoms with Crippen LogP contribution in [0.4, 0.5) is 0 Å². The second-order valence-corrected chi connectivity index (χ2v) is 8.00. The summed E-state index contributed by atoms with van der Waals surface area (Å²) in [5, 5.41) is 15.4. The Kier molecular flexibility index (Phi) is 8.94. The van der Waals surface area contributed by atoms with Crippen LogP contribution in [0, 0.1) is 0 Å². The number of benzene rings is 2. The molecule has 3 rings (SSSR count). The van der Waals surface area contributed by atoms with Crippen LogP contribution in [-0.2, 0) is 27.2 Å². The molecule has 3 aromatic rings. The number of pyridine rings is 1. The summed E-state index contributed by atoms with van der Waals surface area (Å²) in [6.45, 7) is 0. The van der Waals surface area contributed by atoms with E-state index in [1.807, 2.05) is 6.07 Å². The predicted molar refractivity (Wildman–Crippen MR) is 130 cm³/mol. The Morgan fingerprint density at radius 3 is 2.24 bits per heavy atom. The van der Waals surface area contributed by atoms with Crippen molar-refractivity contribution in [2.75, 3.05) is 0 Å². The molecule has 1 unspecified atom stereocenters. The minimum absolute atomic E-state index is 0.102. The highest BCUT2D eigenvalue weighted by atomic mass is 35.5. The number of hydrogen-bond donors (Lipinski definition) is 3. The maximum atomic E-state index is 13.0. The van der Waals surface area contributed by atoms with Crippen molar-refractivity contribution >= 4 is 35.5 Å². The second kappa shape index (κ2) is 12.3. The number of halogens is 1. The fraction of sp³-hybridized carbons (Fsp3) is 0.154. The van der Waals surface area contributed by atoms with Crippen LogP contribution in [0.5, 0.6) is 0 Å². The molecule has 0 radical (unpaired) electrons. The van der Waals surface area contributed by atoms with Crippen LogP contribution in [0.3, 0.4) is 0 Å². The van der Waals surface area contributed by atoms with Gasteiger partial charge in [-0.2, -0.15) is 0 Å². The molecular formula is C26H24ClN3O4. The average Bonchev–Trinajstić information content (AvgIpc) is 2.84. The molecule has 0 aliphatic carbocycles. The van der Waals surface area contributed by atoms with Gasteiger partial charge in [-0.05, 0) is 41.5 Å². The fourth-order valence-electron chi connectivity index (χ4n) is 3.23. The molecule has 2 atom stereocenters. The molecule has 0 spiro atoms. The van der Waals surface area contributed by atoms with E-state index in [2.05, 4.69) is 15.6 Å². The maximum absolute atomic E-state index is 13.0. The topological polar surface area (TPSA) is 108 Å². The Balaban J connectivity index is 1.72.